The number of ether oxygens (including phenoxy) is 2. The van der Waals surface area contributed by atoms with Crippen LogP contribution in [0, 0.1) is 21.7 Å². The van der Waals surface area contributed by atoms with Gasteiger partial charge in [-0.05, 0) is 54.6 Å². The van der Waals surface area contributed by atoms with Gasteiger partial charge in [0.25, 0.3) is 17.5 Å². The van der Waals surface area contributed by atoms with Crippen LogP contribution in [0.1, 0.15) is 20.7 Å². The summed E-state index contributed by atoms with van der Waals surface area (Å²) >= 11 is 0. The Kier molecular flexibility index (Phi) is 8.65. The van der Waals surface area contributed by atoms with Crippen molar-refractivity contribution in [3.8, 4) is 11.5 Å². The quantitative estimate of drug-likeness (QED) is 0.244. The van der Waals surface area contributed by atoms with E-state index >= 15 is 0 Å². The SMILES string of the molecule is O=C(NCCOc1ccc(F)cc1)c1cc(C(=O)NCCOc2ccc(F)cc2)cc([N+](=O)[O-])c1. The van der Waals surface area contributed by atoms with E-state index in [1.165, 1.54) is 54.6 Å². The summed E-state index contributed by atoms with van der Waals surface area (Å²) in [6, 6.07) is 14.0. The van der Waals surface area contributed by atoms with Crippen LogP contribution < -0.4 is 20.1 Å². The van der Waals surface area contributed by atoms with Crippen LogP contribution in [0.25, 0.3) is 0 Å². The van der Waals surface area contributed by atoms with E-state index in [1.54, 1.807) is 0 Å². The number of nitro groups is 1. The van der Waals surface area contributed by atoms with Crippen LogP contribution in [0.5, 0.6) is 11.5 Å². The standard InChI is InChI=1S/C24H21F2N3O6/c25-18-1-5-21(6-2-18)34-11-9-27-23(30)16-13-17(15-20(14-16)29(32)33)24(31)28-10-12-35-22-7-3-19(26)4-8-22/h1-8,13-15H,9-12H2,(H,27,30)(H,28,31). The summed E-state index contributed by atoms with van der Waals surface area (Å²) in [5.41, 5.74) is -0.574. The highest BCUT2D eigenvalue weighted by Crippen LogP contribution is 2.18. The van der Waals surface area contributed by atoms with Crippen LogP contribution in [-0.2, 0) is 0 Å². The Hall–Kier alpha value is -4.54. The minimum Gasteiger partial charge on any atom is -0.492 e. The number of rotatable bonds is 11. The molecule has 0 spiro atoms. The zero-order valence-corrected chi connectivity index (χ0v) is 18.3. The van der Waals surface area contributed by atoms with Gasteiger partial charge in [0.15, 0.2) is 0 Å². The van der Waals surface area contributed by atoms with Crippen molar-refractivity contribution < 1.29 is 32.8 Å². The molecule has 0 aliphatic rings. The van der Waals surface area contributed by atoms with Crippen LogP contribution in [0.4, 0.5) is 14.5 Å². The molecular formula is C24H21F2N3O6. The van der Waals surface area contributed by atoms with Crippen molar-refractivity contribution in [1.29, 1.82) is 0 Å². The third-order valence-corrected chi connectivity index (χ3v) is 4.59. The van der Waals surface area contributed by atoms with E-state index in [2.05, 4.69) is 10.6 Å². The molecule has 3 rings (SSSR count). The predicted molar refractivity (Wildman–Crippen MR) is 122 cm³/mol. The molecule has 0 aliphatic heterocycles. The summed E-state index contributed by atoms with van der Waals surface area (Å²) in [6.45, 7) is 0.295. The van der Waals surface area contributed by atoms with Crippen molar-refractivity contribution in [1.82, 2.24) is 10.6 Å². The molecule has 0 saturated heterocycles. The van der Waals surface area contributed by atoms with Gasteiger partial charge in [0, 0.05) is 23.3 Å². The molecule has 0 atom stereocenters. The van der Waals surface area contributed by atoms with Gasteiger partial charge < -0.3 is 20.1 Å². The number of carbonyl (C=O) groups excluding carboxylic acids is 2. The third kappa shape index (κ3) is 7.77. The van der Waals surface area contributed by atoms with Crippen molar-refractivity contribution >= 4 is 17.5 Å². The van der Waals surface area contributed by atoms with E-state index in [1.807, 2.05) is 0 Å². The fraction of sp³-hybridized carbons (Fsp3) is 0.167. The summed E-state index contributed by atoms with van der Waals surface area (Å²) in [5.74, 6) is -1.25. The Morgan fingerprint density at radius 3 is 1.51 bits per heavy atom. The van der Waals surface area contributed by atoms with Gasteiger partial charge >= 0.3 is 0 Å². The number of benzene rings is 3. The first-order valence-corrected chi connectivity index (χ1v) is 10.4. The van der Waals surface area contributed by atoms with Gasteiger partial charge in [0.05, 0.1) is 18.0 Å². The molecule has 0 unspecified atom stereocenters. The first-order chi connectivity index (χ1) is 16.8. The van der Waals surface area contributed by atoms with Crippen molar-refractivity contribution in [2.75, 3.05) is 26.3 Å². The highest BCUT2D eigenvalue weighted by molar-refractivity contribution is 6.00. The average Bonchev–Trinajstić information content (AvgIpc) is 2.86. The van der Waals surface area contributed by atoms with Gasteiger partial charge in [-0.1, -0.05) is 0 Å². The zero-order chi connectivity index (χ0) is 25.2. The first-order valence-electron chi connectivity index (χ1n) is 10.4. The van der Waals surface area contributed by atoms with E-state index in [9.17, 15) is 28.5 Å². The number of hydrogen-bond donors (Lipinski definition) is 2. The van der Waals surface area contributed by atoms with Crippen molar-refractivity contribution in [2.45, 2.75) is 0 Å². The Bertz CT molecular complexity index is 1100. The smallest absolute Gasteiger partial charge is 0.271 e. The highest BCUT2D eigenvalue weighted by atomic mass is 19.1. The number of amides is 2. The lowest BCUT2D eigenvalue weighted by molar-refractivity contribution is -0.384. The molecule has 3 aromatic rings. The lowest BCUT2D eigenvalue weighted by Crippen LogP contribution is -2.30. The van der Waals surface area contributed by atoms with E-state index < -0.39 is 34.1 Å². The van der Waals surface area contributed by atoms with Gasteiger partial charge in [0.2, 0.25) is 0 Å². The molecule has 0 saturated carbocycles. The number of hydrogen-bond acceptors (Lipinski definition) is 6. The molecule has 2 amide bonds. The second-order valence-electron chi connectivity index (χ2n) is 7.14. The zero-order valence-electron chi connectivity index (χ0n) is 18.3. The molecular weight excluding hydrogens is 464 g/mol. The van der Waals surface area contributed by atoms with Crippen LogP contribution >= 0.6 is 0 Å². The molecule has 9 nitrogen and oxygen atoms in total. The van der Waals surface area contributed by atoms with Crippen LogP contribution in [0.2, 0.25) is 0 Å². The maximum absolute atomic E-state index is 12.9. The molecule has 0 heterocycles. The first kappa shape index (κ1) is 25.1. The van der Waals surface area contributed by atoms with Gasteiger partial charge in [-0.15, -0.1) is 0 Å². The van der Waals surface area contributed by atoms with Gasteiger partial charge in [-0.2, -0.15) is 0 Å². The predicted octanol–water partition coefficient (Wildman–Crippen LogP) is 3.49. The maximum atomic E-state index is 12.9. The van der Waals surface area contributed by atoms with Crippen molar-refractivity contribution in [3.63, 3.8) is 0 Å². The number of halogens is 2. The van der Waals surface area contributed by atoms with Gasteiger partial charge in [0.1, 0.15) is 36.3 Å². The number of nitrogens with zero attached hydrogens (tertiary/aromatic N) is 1. The summed E-state index contributed by atoms with van der Waals surface area (Å²) in [5, 5.41) is 16.4. The number of non-ortho nitro benzene ring substituents is 1. The van der Waals surface area contributed by atoms with E-state index in [-0.39, 0.29) is 37.4 Å². The Labute approximate surface area is 198 Å². The largest absolute Gasteiger partial charge is 0.492 e. The number of nitro benzene ring substituents is 1. The van der Waals surface area contributed by atoms with E-state index in [0.29, 0.717) is 11.5 Å². The van der Waals surface area contributed by atoms with Gasteiger partial charge in [-0.25, -0.2) is 8.78 Å². The second-order valence-corrected chi connectivity index (χ2v) is 7.14. The molecule has 35 heavy (non-hydrogen) atoms. The second kappa shape index (κ2) is 12.1. The number of carbonyl (C=O) groups is 2. The third-order valence-electron chi connectivity index (χ3n) is 4.59. The summed E-state index contributed by atoms with van der Waals surface area (Å²) in [4.78, 5) is 35.5. The molecule has 0 bridgehead atoms. The minimum absolute atomic E-state index is 0.0706. The van der Waals surface area contributed by atoms with Crippen LogP contribution in [0.15, 0.2) is 66.7 Å². The molecule has 3 aromatic carbocycles. The maximum Gasteiger partial charge on any atom is 0.271 e. The minimum atomic E-state index is -0.706. The molecule has 0 aromatic heterocycles. The summed E-state index contributed by atoms with van der Waals surface area (Å²) in [6.07, 6.45) is 0. The Morgan fingerprint density at radius 2 is 1.14 bits per heavy atom. The average molecular weight is 485 g/mol. The Balaban J connectivity index is 1.54. The Morgan fingerprint density at radius 1 is 0.743 bits per heavy atom. The molecule has 0 fully saturated rings. The molecule has 0 aliphatic carbocycles. The summed E-state index contributed by atoms with van der Waals surface area (Å²) < 4.78 is 36.6. The van der Waals surface area contributed by atoms with Crippen LogP contribution in [-0.4, -0.2) is 43.0 Å². The van der Waals surface area contributed by atoms with Crippen molar-refractivity contribution in [2.24, 2.45) is 0 Å². The van der Waals surface area contributed by atoms with E-state index in [0.717, 1.165) is 12.1 Å². The fourth-order valence-corrected chi connectivity index (χ4v) is 2.91. The highest BCUT2D eigenvalue weighted by Gasteiger charge is 2.18. The number of nitrogens with one attached hydrogen (secondary N) is 2. The molecule has 11 heteroatoms. The fourth-order valence-electron chi connectivity index (χ4n) is 2.91. The molecule has 182 valence electrons. The monoisotopic (exact) mass is 485 g/mol. The van der Waals surface area contributed by atoms with E-state index in [4.69, 9.17) is 9.47 Å². The lowest BCUT2D eigenvalue weighted by Gasteiger charge is -2.10. The topological polar surface area (TPSA) is 120 Å². The lowest BCUT2D eigenvalue weighted by atomic mass is 10.1. The normalized spacial score (nSPS) is 10.3. The van der Waals surface area contributed by atoms with Gasteiger partial charge in [-0.3, -0.25) is 19.7 Å². The summed E-state index contributed by atoms with van der Waals surface area (Å²) in [7, 11) is 0. The van der Waals surface area contributed by atoms with Crippen LogP contribution in [0.3, 0.4) is 0 Å². The van der Waals surface area contributed by atoms with Crippen molar-refractivity contribution in [3.05, 3.63) is 99.6 Å². The molecule has 2 N–H and O–H groups in total. The molecule has 0 radical (unpaired) electrons.